The number of carbonyl (C=O) groups is 1. The fourth-order valence-corrected chi connectivity index (χ4v) is 3.22. The lowest BCUT2D eigenvalue weighted by Gasteiger charge is -2.00. The molecule has 2 aromatic carbocycles. The van der Waals surface area contributed by atoms with E-state index in [1.165, 1.54) is 22.5 Å². The van der Waals surface area contributed by atoms with Gasteiger partial charge in [0.15, 0.2) is 5.13 Å². The van der Waals surface area contributed by atoms with E-state index in [0.29, 0.717) is 5.13 Å². The molecule has 3 aromatic rings. The SMILES string of the molecule is Cc1ccc(Cc2cnc(NC(=O)/C(C#N)=C/c3ccccc3)s2)cc1. The van der Waals surface area contributed by atoms with Crippen molar-refractivity contribution in [3.05, 3.63) is 87.9 Å². The fraction of sp³-hybridized carbons (Fsp3) is 0.0952. The molecule has 0 unspecified atom stereocenters. The number of nitrogens with zero attached hydrogens (tertiary/aromatic N) is 2. The van der Waals surface area contributed by atoms with Crippen LogP contribution in [-0.4, -0.2) is 10.9 Å². The predicted molar refractivity (Wildman–Crippen MR) is 105 cm³/mol. The number of hydrogen-bond acceptors (Lipinski definition) is 4. The minimum atomic E-state index is -0.451. The fourth-order valence-electron chi connectivity index (χ4n) is 2.38. The first-order chi connectivity index (χ1) is 12.6. The number of anilines is 1. The summed E-state index contributed by atoms with van der Waals surface area (Å²) in [5.74, 6) is -0.451. The van der Waals surface area contributed by atoms with Crippen LogP contribution in [0.4, 0.5) is 5.13 Å². The molecule has 1 amide bonds. The number of hydrogen-bond donors (Lipinski definition) is 1. The Kier molecular flexibility index (Phi) is 5.57. The maximum Gasteiger partial charge on any atom is 0.268 e. The number of amides is 1. The Labute approximate surface area is 156 Å². The van der Waals surface area contributed by atoms with E-state index in [9.17, 15) is 10.1 Å². The summed E-state index contributed by atoms with van der Waals surface area (Å²) < 4.78 is 0. The third-order valence-electron chi connectivity index (χ3n) is 3.75. The number of carbonyl (C=O) groups excluding carboxylic acids is 1. The number of nitriles is 1. The van der Waals surface area contributed by atoms with Gasteiger partial charge in [-0.05, 0) is 24.1 Å². The van der Waals surface area contributed by atoms with Crippen LogP contribution in [0, 0.1) is 18.3 Å². The van der Waals surface area contributed by atoms with Gasteiger partial charge >= 0.3 is 0 Å². The molecule has 5 heteroatoms. The lowest BCUT2D eigenvalue weighted by atomic mass is 10.1. The number of nitrogens with one attached hydrogen (secondary N) is 1. The normalized spacial score (nSPS) is 11.0. The number of rotatable bonds is 5. The molecule has 0 atom stereocenters. The molecule has 0 aliphatic heterocycles. The molecule has 3 rings (SSSR count). The maximum absolute atomic E-state index is 12.3. The first-order valence-electron chi connectivity index (χ1n) is 8.12. The van der Waals surface area contributed by atoms with E-state index in [0.717, 1.165) is 16.9 Å². The summed E-state index contributed by atoms with van der Waals surface area (Å²) in [6, 6.07) is 19.6. The molecule has 4 nitrogen and oxygen atoms in total. The highest BCUT2D eigenvalue weighted by molar-refractivity contribution is 7.15. The molecule has 0 spiro atoms. The summed E-state index contributed by atoms with van der Waals surface area (Å²) in [7, 11) is 0. The van der Waals surface area contributed by atoms with Gasteiger partial charge in [-0.15, -0.1) is 11.3 Å². The minimum Gasteiger partial charge on any atom is -0.297 e. The molecule has 0 aliphatic carbocycles. The van der Waals surface area contributed by atoms with Crippen molar-refractivity contribution >= 4 is 28.5 Å². The first kappa shape index (κ1) is 17.6. The first-order valence-corrected chi connectivity index (χ1v) is 8.94. The summed E-state index contributed by atoms with van der Waals surface area (Å²) in [6.45, 7) is 2.06. The average molecular weight is 359 g/mol. The minimum absolute atomic E-state index is 0.0477. The van der Waals surface area contributed by atoms with Crippen LogP contribution in [0.5, 0.6) is 0 Å². The van der Waals surface area contributed by atoms with E-state index in [4.69, 9.17) is 0 Å². The van der Waals surface area contributed by atoms with E-state index in [-0.39, 0.29) is 5.57 Å². The van der Waals surface area contributed by atoms with Gasteiger partial charge in [-0.1, -0.05) is 60.2 Å². The molecule has 0 radical (unpaired) electrons. The van der Waals surface area contributed by atoms with Crippen LogP contribution in [-0.2, 0) is 11.2 Å². The second kappa shape index (κ2) is 8.24. The smallest absolute Gasteiger partial charge is 0.268 e. The van der Waals surface area contributed by atoms with Crippen LogP contribution in [0.3, 0.4) is 0 Å². The van der Waals surface area contributed by atoms with Crippen molar-refractivity contribution in [3.8, 4) is 6.07 Å². The Bertz CT molecular complexity index is 966. The Morgan fingerprint density at radius 2 is 1.92 bits per heavy atom. The van der Waals surface area contributed by atoms with Crippen LogP contribution < -0.4 is 5.32 Å². The van der Waals surface area contributed by atoms with Gasteiger partial charge in [0.05, 0.1) is 0 Å². The molecule has 0 saturated carbocycles. The van der Waals surface area contributed by atoms with Gasteiger partial charge in [0, 0.05) is 17.5 Å². The second-order valence-corrected chi connectivity index (χ2v) is 6.94. The topological polar surface area (TPSA) is 65.8 Å². The van der Waals surface area contributed by atoms with Crippen LogP contribution in [0.25, 0.3) is 6.08 Å². The summed E-state index contributed by atoms with van der Waals surface area (Å²) in [5, 5.41) is 12.5. The van der Waals surface area contributed by atoms with Crippen LogP contribution in [0.2, 0.25) is 0 Å². The monoisotopic (exact) mass is 359 g/mol. The standard InChI is InChI=1S/C21H17N3OS/c1-15-7-9-17(10-8-15)12-19-14-23-21(26-19)24-20(25)18(13-22)11-16-5-3-2-4-6-16/h2-11,14H,12H2,1H3,(H,23,24,25)/b18-11+. The number of aryl methyl sites for hydroxylation is 1. The summed E-state index contributed by atoms with van der Waals surface area (Å²) in [6.07, 6.45) is 4.09. The van der Waals surface area contributed by atoms with Gasteiger partial charge in [-0.3, -0.25) is 10.1 Å². The van der Waals surface area contributed by atoms with Crippen molar-refractivity contribution in [2.24, 2.45) is 0 Å². The zero-order valence-corrected chi connectivity index (χ0v) is 15.1. The van der Waals surface area contributed by atoms with Crippen LogP contribution in [0.15, 0.2) is 66.4 Å². The lowest BCUT2D eigenvalue weighted by Crippen LogP contribution is -2.13. The highest BCUT2D eigenvalue weighted by Gasteiger charge is 2.12. The number of thiazole rings is 1. The van der Waals surface area contributed by atoms with Crippen molar-refractivity contribution in [2.45, 2.75) is 13.3 Å². The van der Waals surface area contributed by atoms with E-state index in [2.05, 4.69) is 41.5 Å². The summed E-state index contributed by atoms with van der Waals surface area (Å²) in [4.78, 5) is 17.6. The van der Waals surface area contributed by atoms with Crippen molar-refractivity contribution in [3.63, 3.8) is 0 Å². The van der Waals surface area contributed by atoms with Gasteiger partial charge in [0.1, 0.15) is 11.6 Å². The third-order valence-corrected chi connectivity index (χ3v) is 4.66. The molecule has 0 bridgehead atoms. The molecule has 0 saturated heterocycles. The molecule has 1 heterocycles. The molecule has 26 heavy (non-hydrogen) atoms. The number of aromatic nitrogens is 1. The molecule has 0 fully saturated rings. The quantitative estimate of drug-likeness (QED) is 0.535. The Balaban J connectivity index is 1.68. The lowest BCUT2D eigenvalue weighted by molar-refractivity contribution is -0.112. The Morgan fingerprint density at radius 1 is 1.19 bits per heavy atom. The zero-order chi connectivity index (χ0) is 18.4. The largest absolute Gasteiger partial charge is 0.297 e. The van der Waals surface area contributed by atoms with Crippen LogP contribution >= 0.6 is 11.3 Å². The van der Waals surface area contributed by atoms with E-state index in [1.807, 2.05) is 36.4 Å². The second-order valence-electron chi connectivity index (χ2n) is 5.83. The van der Waals surface area contributed by atoms with Gasteiger partial charge in [-0.25, -0.2) is 4.98 Å². The predicted octanol–water partition coefficient (Wildman–Crippen LogP) is 4.59. The van der Waals surface area contributed by atoms with Gasteiger partial charge in [0.2, 0.25) is 0 Å². The molecule has 128 valence electrons. The highest BCUT2D eigenvalue weighted by Crippen LogP contribution is 2.22. The van der Waals surface area contributed by atoms with E-state index in [1.54, 1.807) is 12.3 Å². The van der Waals surface area contributed by atoms with Gasteiger partial charge in [0.25, 0.3) is 5.91 Å². The summed E-state index contributed by atoms with van der Waals surface area (Å²) >= 11 is 1.41. The third kappa shape index (κ3) is 4.65. The van der Waals surface area contributed by atoms with Crippen molar-refractivity contribution in [1.29, 1.82) is 5.26 Å². The van der Waals surface area contributed by atoms with Gasteiger partial charge in [-0.2, -0.15) is 5.26 Å². The van der Waals surface area contributed by atoms with Gasteiger partial charge < -0.3 is 0 Å². The molecule has 0 aliphatic rings. The van der Waals surface area contributed by atoms with E-state index >= 15 is 0 Å². The highest BCUT2D eigenvalue weighted by atomic mass is 32.1. The number of benzene rings is 2. The van der Waals surface area contributed by atoms with Crippen molar-refractivity contribution in [2.75, 3.05) is 5.32 Å². The van der Waals surface area contributed by atoms with Crippen LogP contribution in [0.1, 0.15) is 21.6 Å². The van der Waals surface area contributed by atoms with E-state index < -0.39 is 5.91 Å². The summed E-state index contributed by atoms with van der Waals surface area (Å²) in [5.41, 5.74) is 3.27. The molecular weight excluding hydrogens is 342 g/mol. The molecule has 1 aromatic heterocycles. The average Bonchev–Trinajstić information content (AvgIpc) is 3.09. The van der Waals surface area contributed by atoms with Crippen molar-refractivity contribution < 1.29 is 4.79 Å². The molecule has 1 N–H and O–H groups in total. The van der Waals surface area contributed by atoms with Crippen molar-refractivity contribution in [1.82, 2.24) is 4.98 Å². The zero-order valence-electron chi connectivity index (χ0n) is 14.3. The maximum atomic E-state index is 12.3. The molecular formula is C21H17N3OS. The Morgan fingerprint density at radius 3 is 2.62 bits per heavy atom. The Hall–Kier alpha value is -3.23.